The smallest absolute Gasteiger partial charge is 0.227 e. The van der Waals surface area contributed by atoms with Gasteiger partial charge in [-0.1, -0.05) is 24.3 Å². The van der Waals surface area contributed by atoms with Crippen molar-refractivity contribution in [3.63, 3.8) is 0 Å². The minimum Gasteiger partial charge on any atom is -0.495 e. The third kappa shape index (κ3) is 3.01. The Balaban J connectivity index is 1.67. The highest BCUT2D eigenvalue weighted by molar-refractivity contribution is 5.97. The fourth-order valence-electron chi connectivity index (χ4n) is 3.49. The second kappa shape index (κ2) is 7.11. The highest BCUT2D eigenvalue weighted by Gasteiger charge is 2.36. The van der Waals surface area contributed by atoms with Gasteiger partial charge in [-0.05, 0) is 24.3 Å². The van der Waals surface area contributed by atoms with E-state index < -0.39 is 0 Å². The van der Waals surface area contributed by atoms with Gasteiger partial charge in [0.15, 0.2) is 0 Å². The summed E-state index contributed by atoms with van der Waals surface area (Å²) in [5, 5.41) is 4.37. The van der Waals surface area contributed by atoms with Crippen molar-refractivity contribution in [2.75, 3.05) is 25.7 Å². The van der Waals surface area contributed by atoms with Crippen molar-refractivity contribution in [2.24, 2.45) is 0 Å². The van der Waals surface area contributed by atoms with E-state index in [0.29, 0.717) is 24.5 Å². The first-order valence-corrected chi connectivity index (χ1v) is 8.69. The molecule has 0 unspecified atom stereocenters. The van der Waals surface area contributed by atoms with Gasteiger partial charge in [0.1, 0.15) is 29.3 Å². The largest absolute Gasteiger partial charge is 0.495 e. The molecule has 1 amide bonds. The molecule has 4 rings (SSSR count). The van der Waals surface area contributed by atoms with E-state index in [1.807, 2.05) is 48.5 Å². The Morgan fingerprint density at radius 2 is 1.59 bits per heavy atom. The maximum atomic E-state index is 12.7. The van der Waals surface area contributed by atoms with Gasteiger partial charge < -0.3 is 14.4 Å². The molecule has 7 nitrogen and oxygen atoms in total. The van der Waals surface area contributed by atoms with Gasteiger partial charge >= 0.3 is 0 Å². The number of methoxy groups -OCH3 is 2. The lowest BCUT2D eigenvalue weighted by molar-refractivity contribution is -0.117. The summed E-state index contributed by atoms with van der Waals surface area (Å²) in [6.07, 6.45) is 1.88. The van der Waals surface area contributed by atoms with Gasteiger partial charge in [-0.3, -0.25) is 4.79 Å². The minimum absolute atomic E-state index is 0.0408. The van der Waals surface area contributed by atoms with Crippen LogP contribution in [0.1, 0.15) is 18.2 Å². The summed E-state index contributed by atoms with van der Waals surface area (Å²) in [6, 6.07) is 15.2. The summed E-state index contributed by atoms with van der Waals surface area (Å²) >= 11 is 0. The number of aromatic nitrogens is 3. The first-order chi connectivity index (χ1) is 13.2. The van der Waals surface area contributed by atoms with E-state index in [1.165, 1.54) is 6.33 Å². The standard InChI is InChI=1S/C20H20N4O3/c1-26-17-9-5-3-7-15(17)23-12-14(11-19(23)25)20-21-13-22-24(20)16-8-4-6-10-18(16)27-2/h3-10,13-14H,11-12H2,1-2H3/t14-/m0/s1. The van der Waals surface area contributed by atoms with E-state index in [-0.39, 0.29) is 11.8 Å². The molecule has 7 heteroatoms. The maximum Gasteiger partial charge on any atom is 0.227 e. The van der Waals surface area contributed by atoms with E-state index in [0.717, 1.165) is 17.2 Å². The van der Waals surface area contributed by atoms with E-state index >= 15 is 0 Å². The van der Waals surface area contributed by atoms with Gasteiger partial charge in [0.05, 0.1) is 19.9 Å². The van der Waals surface area contributed by atoms with Crippen molar-refractivity contribution in [2.45, 2.75) is 12.3 Å². The van der Waals surface area contributed by atoms with Gasteiger partial charge in [0.2, 0.25) is 5.91 Å². The quantitative estimate of drug-likeness (QED) is 0.696. The normalized spacial score (nSPS) is 16.6. The van der Waals surface area contributed by atoms with Crippen LogP contribution in [0.5, 0.6) is 11.5 Å². The monoisotopic (exact) mass is 364 g/mol. The van der Waals surface area contributed by atoms with E-state index in [2.05, 4.69) is 10.1 Å². The molecule has 1 saturated heterocycles. The number of benzene rings is 2. The molecule has 0 N–H and O–H groups in total. The predicted octanol–water partition coefficient (Wildman–Crippen LogP) is 2.81. The molecule has 3 aromatic rings. The topological polar surface area (TPSA) is 69.5 Å². The zero-order valence-electron chi connectivity index (χ0n) is 15.2. The highest BCUT2D eigenvalue weighted by atomic mass is 16.5. The first kappa shape index (κ1) is 17.1. The van der Waals surface area contributed by atoms with Crippen LogP contribution in [0, 0.1) is 0 Å². The lowest BCUT2D eigenvalue weighted by atomic mass is 10.1. The zero-order chi connectivity index (χ0) is 18.8. The van der Waals surface area contributed by atoms with Gasteiger partial charge in [0, 0.05) is 18.9 Å². The third-order valence-electron chi connectivity index (χ3n) is 4.75. The lowest BCUT2D eigenvalue weighted by Gasteiger charge is -2.19. The average Bonchev–Trinajstić information content (AvgIpc) is 3.34. The Morgan fingerprint density at radius 1 is 0.963 bits per heavy atom. The van der Waals surface area contributed by atoms with Crippen molar-refractivity contribution in [1.29, 1.82) is 0 Å². The molecule has 0 saturated carbocycles. The van der Waals surface area contributed by atoms with E-state index in [4.69, 9.17) is 9.47 Å². The fraction of sp³-hybridized carbons (Fsp3) is 0.250. The summed E-state index contributed by atoms with van der Waals surface area (Å²) in [4.78, 5) is 18.9. The van der Waals surface area contributed by atoms with Gasteiger partial charge in [-0.25, -0.2) is 9.67 Å². The fourth-order valence-corrected chi connectivity index (χ4v) is 3.49. The molecule has 1 aromatic heterocycles. The van der Waals surface area contributed by atoms with E-state index in [1.54, 1.807) is 23.8 Å². The molecule has 1 atom stereocenters. The number of carbonyl (C=O) groups excluding carboxylic acids is 1. The molecule has 0 spiro atoms. The summed E-state index contributed by atoms with van der Waals surface area (Å²) in [6.45, 7) is 0.521. The SMILES string of the molecule is COc1ccccc1N1C[C@@H](c2ncnn2-c2ccccc2OC)CC1=O. The highest BCUT2D eigenvalue weighted by Crippen LogP contribution is 2.36. The van der Waals surface area contributed by atoms with Crippen molar-refractivity contribution in [3.05, 3.63) is 60.7 Å². The molecule has 0 aliphatic carbocycles. The van der Waals surface area contributed by atoms with Crippen LogP contribution in [0.25, 0.3) is 5.69 Å². The molecule has 138 valence electrons. The minimum atomic E-state index is -0.0742. The molecular weight excluding hydrogens is 344 g/mol. The molecule has 1 aliphatic heterocycles. The third-order valence-corrected chi connectivity index (χ3v) is 4.75. The summed E-state index contributed by atoms with van der Waals surface area (Å²) in [5.41, 5.74) is 1.58. The number of amides is 1. The number of nitrogens with zero attached hydrogens (tertiary/aromatic N) is 4. The molecule has 2 heterocycles. The number of carbonyl (C=O) groups is 1. The van der Waals surface area contributed by atoms with Gasteiger partial charge in [-0.15, -0.1) is 0 Å². The van der Waals surface area contributed by atoms with Crippen LogP contribution in [0.4, 0.5) is 5.69 Å². The molecule has 0 radical (unpaired) electrons. The first-order valence-electron chi connectivity index (χ1n) is 8.69. The van der Waals surface area contributed by atoms with Crippen LogP contribution in [-0.2, 0) is 4.79 Å². The number of rotatable bonds is 5. The van der Waals surface area contributed by atoms with Crippen molar-refractivity contribution >= 4 is 11.6 Å². The maximum absolute atomic E-state index is 12.7. The average molecular weight is 364 g/mol. The van der Waals surface area contributed by atoms with Crippen LogP contribution in [0.3, 0.4) is 0 Å². The number of hydrogen-bond acceptors (Lipinski definition) is 5. The van der Waals surface area contributed by atoms with Crippen LogP contribution < -0.4 is 14.4 Å². The zero-order valence-corrected chi connectivity index (χ0v) is 15.2. The second-order valence-corrected chi connectivity index (χ2v) is 6.28. The molecule has 27 heavy (non-hydrogen) atoms. The Hall–Kier alpha value is -3.35. The van der Waals surface area contributed by atoms with Crippen LogP contribution >= 0.6 is 0 Å². The molecule has 0 bridgehead atoms. The van der Waals surface area contributed by atoms with Crippen molar-refractivity contribution in [3.8, 4) is 17.2 Å². The molecule has 1 fully saturated rings. The molecule has 2 aromatic carbocycles. The lowest BCUT2D eigenvalue weighted by Crippen LogP contribution is -2.25. The van der Waals surface area contributed by atoms with Crippen molar-refractivity contribution < 1.29 is 14.3 Å². The van der Waals surface area contributed by atoms with Crippen LogP contribution in [-0.4, -0.2) is 41.4 Å². The predicted molar refractivity (Wildman–Crippen MR) is 101 cm³/mol. The second-order valence-electron chi connectivity index (χ2n) is 6.28. The number of para-hydroxylation sites is 4. The van der Waals surface area contributed by atoms with E-state index in [9.17, 15) is 4.79 Å². The number of anilines is 1. The summed E-state index contributed by atoms with van der Waals surface area (Å²) in [7, 11) is 3.23. The van der Waals surface area contributed by atoms with Gasteiger partial charge in [0.25, 0.3) is 0 Å². The molecular formula is C20H20N4O3. The summed E-state index contributed by atoms with van der Waals surface area (Å²) < 4.78 is 12.6. The Bertz CT molecular complexity index is 969. The molecule has 1 aliphatic rings. The van der Waals surface area contributed by atoms with Gasteiger partial charge in [-0.2, -0.15) is 5.10 Å². The Labute approximate surface area is 157 Å². The van der Waals surface area contributed by atoms with Crippen LogP contribution in [0.15, 0.2) is 54.9 Å². The van der Waals surface area contributed by atoms with Crippen molar-refractivity contribution in [1.82, 2.24) is 14.8 Å². The Kier molecular flexibility index (Phi) is 4.50. The number of hydrogen-bond donors (Lipinski definition) is 0. The van der Waals surface area contributed by atoms with Crippen LogP contribution in [0.2, 0.25) is 0 Å². The summed E-state index contributed by atoms with van der Waals surface area (Å²) in [5.74, 6) is 2.09. The number of ether oxygens (including phenoxy) is 2. The Morgan fingerprint density at radius 3 is 2.30 bits per heavy atom.